The van der Waals surface area contributed by atoms with E-state index >= 15 is 0 Å². The molecule has 2 aromatic carbocycles. The third-order valence-electron chi connectivity index (χ3n) is 4.89. The number of carbonyl (C=O) groups excluding carboxylic acids is 3. The van der Waals surface area contributed by atoms with Crippen LogP contribution in [-0.4, -0.2) is 57.5 Å². The number of guanidine groups is 1. The van der Waals surface area contributed by atoms with Crippen molar-refractivity contribution in [2.75, 3.05) is 6.54 Å². The highest BCUT2D eigenvalue weighted by atomic mass is 16.5. The molecule has 1 unspecified atom stereocenters. The van der Waals surface area contributed by atoms with Crippen LogP contribution in [0.5, 0.6) is 0 Å². The van der Waals surface area contributed by atoms with Gasteiger partial charge in [0.1, 0.15) is 18.5 Å². The minimum Gasteiger partial charge on any atom is -0.480 e. The number of imidazole rings is 1. The fraction of sp³-hybridized carbons (Fsp3) is 0.217. The van der Waals surface area contributed by atoms with Crippen molar-refractivity contribution >= 4 is 40.9 Å². The number of carboxylic acid groups (broad SMARTS) is 1. The third-order valence-corrected chi connectivity index (χ3v) is 4.89. The van der Waals surface area contributed by atoms with Crippen molar-refractivity contribution in [3.63, 3.8) is 0 Å². The molecule has 13 nitrogen and oxygen atoms in total. The first-order valence-corrected chi connectivity index (χ1v) is 10.8. The molecule has 0 saturated carbocycles. The molecule has 0 radical (unpaired) electrons. The van der Waals surface area contributed by atoms with Crippen LogP contribution in [0.2, 0.25) is 0 Å². The Morgan fingerprint density at radius 3 is 2.56 bits per heavy atom. The Morgan fingerprint density at radius 1 is 1.11 bits per heavy atom. The maximum absolute atomic E-state index is 12.6. The molecule has 8 N–H and O–H groups in total. The summed E-state index contributed by atoms with van der Waals surface area (Å²) in [5, 5.41) is 14.1. The monoisotopic (exact) mass is 495 g/mol. The van der Waals surface area contributed by atoms with Gasteiger partial charge < -0.3 is 36.9 Å². The number of benzene rings is 2. The number of ether oxygens (including phenoxy) is 1. The van der Waals surface area contributed by atoms with E-state index in [0.717, 1.165) is 5.56 Å². The third kappa shape index (κ3) is 7.55. The summed E-state index contributed by atoms with van der Waals surface area (Å²) < 4.78 is 5.03. The van der Waals surface area contributed by atoms with Crippen molar-refractivity contribution in [1.82, 2.24) is 20.6 Å². The number of alkyl carbamates (subject to hydrolysis) is 1. The lowest BCUT2D eigenvalue weighted by Gasteiger charge is -2.15. The first kappa shape index (κ1) is 25.7. The van der Waals surface area contributed by atoms with Crippen molar-refractivity contribution in [3.05, 3.63) is 65.5 Å². The summed E-state index contributed by atoms with van der Waals surface area (Å²) in [4.78, 5) is 58.5. The van der Waals surface area contributed by atoms with E-state index in [0.29, 0.717) is 16.9 Å². The molecule has 0 fully saturated rings. The Hall–Kier alpha value is -4.94. The Bertz CT molecular complexity index is 1280. The second-order valence-corrected chi connectivity index (χ2v) is 7.65. The van der Waals surface area contributed by atoms with E-state index in [4.69, 9.17) is 16.2 Å². The van der Waals surface area contributed by atoms with Gasteiger partial charge in [0.05, 0.1) is 11.0 Å². The summed E-state index contributed by atoms with van der Waals surface area (Å²) in [5.74, 6) is -2.19. The van der Waals surface area contributed by atoms with Crippen molar-refractivity contribution in [1.29, 1.82) is 0 Å². The predicted molar refractivity (Wildman–Crippen MR) is 129 cm³/mol. The van der Waals surface area contributed by atoms with E-state index in [1.807, 2.05) is 6.07 Å². The number of nitrogens with one attached hydrogen (secondary N) is 3. The fourth-order valence-corrected chi connectivity index (χ4v) is 3.15. The summed E-state index contributed by atoms with van der Waals surface area (Å²) in [6.07, 6.45) is -0.620. The standard InChI is InChI=1S/C23H25N7O6/c24-22(25)30-19(31)9-8-18-27-15-7-6-14(10-16(15)28-18)20(32)26-11-17(21(33)34)29-23(35)36-12-13-4-2-1-3-5-13/h1-7,10,17H,8-9,11-12H2,(H,26,32)(H,27,28)(H,29,35)(H,33,34)(H4,24,25,30,31). The zero-order valence-electron chi connectivity index (χ0n) is 19.1. The fourth-order valence-electron chi connectivity index (χ4n) is 3.15. The van der Waals surface area contributed by atoms with Crippen LogP contribution in [0, 0.1) is 0 Å². The lowest BCUT2D eigenvalue weighted by Crippen LogP contribution is -2.48. The quantitative estimate of drug-likeness (QED) is 0.169. The number of H-pyrrole nitrogens is 1. The number of aromatic amines is 1. The number of hydrogen-bond acceptors (Lipinski definition) is 6. The first-order valence-electron chi connectivity index (χ1n) is 10.8. The van der Waals surface area contributed by atoms with Crippen molar-refractivity contribution < 1.29 is 29.0 Å². The van der Waals surface area contributed by atoms with E-state index in [1.54, 1.807) is 30.3 Å². The smallest absolute Gasteiger partial charge is 0.408 e. The molecule has 188 valence electrons. The second kappa shape index (κ2) is 12.0. The van der Waals surface area contributed by atoms with E-state index < -0.39 is 29.9 Å². The van der Waals surface area contributed by atoms with Gasteiger partial charge in [0, 0.05) is 24.9 Å². The van der Waals surface area contributed by atoms with Crippen LogP contribution in [0.3, 0.4) is 0 Å². The van der Waals surface area contributed by atoms with Crippen LogP contribution in [-0.2, 0) is 27.4 Å². The number of hydrogen-bond donors (Lipinski definition) is 6. The Morgan fingerprint density at radius 2 is 1.86 bits per heavy atom. The van der Waals surface area contributed by atoms with Crippen LogP contribution < -0.4 is 22.1 Å². The average Bonchev–Trinajstić information content (AvgIpc) is 3.26. The topological polar surface area (TPSA) is 215 Å². The van der Waals surface area contributed by atoms with Gasteiger partial charge in [-0.25, -0.2) is 14.6 Å². The number of aliphatic imine (C=N–C) groups is 1. The highest BCUT2D eigenvalue weighted by Gasteiger charge is 2.22. The average molecular weight is 495 g/mol. The largest absolute Gasteiger partial charge is 0.480 e. The highest BCUT2D eigenvalue weighted by molar-refractivity contribution is 5.97. The van der Waals surface area contributed by atoms with Crippen molar-refractivity contribution in [3.8, 4) is 0 Å². The zero-order chi connectivity index (χ0) is 26.1. The number of carboxylic acids is 1. The molecule has 0 aliphatic heterocycles. The Labute approximate surface area is 204 Å². The van der Waals surface area contributed by atoms with Crippen LogP contribution in [0.1, 0.15) is 28.2 Å². The molecular formula is C23H25N7O6. The number of fused-ring (bicyclic) bond motifs is 1. The van der Waals surface area contributed by atoms with Crippen LogP contribution >= 0.6 is 0 Å². The van der Waals surface area contributed by atoms with Crippen LogP contribution in [0.4, 0.5) is 4.79 Å². The van der Waals surface area contributed by atoms with E-state index in [-0.39, 0.29) is 37.5 Å². The van der Waals surface area contributed by atoms with E-state index in [1.165, 1.54) is 12.1 Å². The van der Waals surface area contributed by atoms with Crippen LogP contribution in [0.25, 0.3) is 11.0 Å². The molecule has 36 heavy (non-hydrogen) atoms. The molecule has 0 spiro atoms. The number of aryl methyl sites for hydroxylation is 1. The maximum atomic E-state index is 12.6. The van der Waals surface area contributed by atoms with Gasteiger partial charge in [-0.05, 0) is 23.8 Å². The van der Waals surface area contributed by atoms with Gasteiger partial charge >= 0.3 is 12.1 Å². The summed E-state index contributed by atoms with van der Waals surface area (Å²) in [6, 6.07) is 12.2. The Balaban J connectivity index is 1.54. The van der Waals surface area contributed by atoms with Crippen molar-refractivity contribution in [2.24, 2.45) is 16.5 Å². The molecule has 1 heterocycles. The first-order chi connectivity index (χ1) is 17.2. The number of aliphatic carboxylic acids is 1. The minimum atomic E-state index is -1.40. The number of aromatic nitrogens is 2. The summed E-state index contributed by atoms with van der Waals surface area (Å²) in [6.45, 7) is -0.395. The summed E-state index contributed by atoms with van der Waals surface area (Å²) in [7, 11) is 0. The maximum Gasteiger partial charge on any atom is 0.408 e. The van der Waals surface area contributed by atoms with Gasteiger partial charge in [-0.15, -0.1) is 0 Å². The number of rotatable bonds is 10. The number of nitrogens with two attached hydrogens (primary N) is 2. The molecule has 0 aliphatic rings. The molecule has 3 rings (SSSR count). The van der Waals surface area contributed by atoms with Gasteiger partial charge in [-0.2, -0.15) is 4.99 Å². The number of nitrogens with zero attached hydrogens (tertiary/aromatic N) is 2. The Kier molecular flexibility index (Phi) is 8.54. The molecule has 3 aromatic rings. The molecule has 0 aliphatic carbocycles. The number of amides is 3. The minimum absolute atomic E-state index is 0.0278. The predicted octanol–water partition coefficient (Wildman–Crippen LogP) is 0.405. The second-order valence-electron chi connectivity index (χ2n) is 7.65. The van der Waals surface area contributed by atoms with E-state index in [2.05, 4.69) is 25.6 Å². The molecule has 0 bridgehead atoms. The molecule has 1 atom stereocenters. The SMILES string of the molecule is NC(N)=NC(=O)CCc1nc2ccc(C(=O)NCC(NC(=O)OCc3ccccc3)C(=O)O)cc2[nH]1. The van der Waals surface area contributed by atoms with Gasteiger partial charge in [-0.3, -0.25) is 9.59 Å². The molecule has 1 aromatic heterocycles. The van der Waals surface area contributed by atoms with Gasteiger partial charge in [-0.1, -0.05) is 30.3 Å². The van der Waals surface area contributed by atoms with E-state index in [9.17, 15) is 24.3 Å². The van der Waals surface area contributed by atoms with Crippen molar-refractivity contribution in [2.45, 2.75) is 25.5 Å². The highest BCUT2D eigenvalue weighted by Crippen LogP contribution is 2.15. The zero-order valence-corrected chi connectivity index (χ0v) is 19.1. The lowest BCUT2D eigenvalue weighted by molar-refractivity contribution is -0.139. The molecule has 3 amide bonds. The molecule has 0 saturated heterocycles. The summed E-state index contributed by atoms with van der Waals surface area (Å²) in [5.41, 5.74) is 12.4. The van der Waals surface area contributed by atoms with Gasteiger partial charge in [0.15, 0.2) is 5.96 Å². The summed E-state index contributed by atoms with van der Waals surface area (Å²) >= 11 is 0. The number of carbonyl (C=O) groups is 4. The van der Waals surface area contributed by atoms with Gasteiger partial charge in [0.25, 0.3) is 5.91 Å². The lowest BCUT2D eigenvalue weighted by atomic mass is 10.2. The normalized spacial score (nSPS) is 11.3. The van der Waals surface area contributed by atoms with Gasteiger partial charge in [0.2, 0.25) is 5.91 Å². The molecule has 13 heteroatoms. The van der Waals surface area contributed by atoms with Crippen LogP contribution in [0.15, 0.2) is 53.5 Å². The molecular weight excluding hydrogens is 470 g/mol.